The van der Waals surface area contributed by atoms with E-state index in [1.165, 1.54) is 0 Å². The molecule has 0 aromatic heterocycles. The van der Waals surface area contributed by atoms with Crippen molar-refractivity contribution in [3.8, 4) is 0 Å². The van der Waals surface area contributed by atoms with Gasteiger partial charge in [-0.25, -0.2) is 8.78 Å². The first-order valence-electron chi connectivity index (χ1n) is 6.72. The van der Waals surface area contributed by atoms with E-state index in [0.717, 1.165) is 44.1 Å². The van der Waals surface area contributed by atoms with Crippen LogP contribution in [0.3, 0.4) is 0 Å². The Balaban J connectivity index is 1.81. The predicted molar refractivity (Wildman–Crippen MR) is 67.9 cm³/mol. The van der Waals surface area contributed by atoms with E-state index in [4.69, 9.17) is 4.74 Å². The van der Waals surface area contributed by atoms with E-state index < -0.39 is 11.6 Å². The predicted octanol–water partition coefficient (Wildman–Crippen LogP) is 3.43. The lowest BCUT2D eigenvalue weighted by Crippen LogP contribution is -2.20. The van der Waals surface area contributed by atoms with Gasteiger partial charge in [0, 0.05) is 19.4 Å². The first kappa shape index (κ1) is 14.1. The molecule has 2 nitrogen and oxygen atoms in total. The Hall–Kier alpha value is -1.29. The Labute approximate surface area is 111 Å². The van der Waals surface area contributed by atoms with E-state index in [1.54, 1.807) is 0 Å². The Morgan fingerprint density at radius 1 is 1.32 bits per heavy atom. The van der Waals surface area contributed by atoms with Crippen molar-refractivity contribution in [3.05, 3.63) is 35.4 Å². The number of ketones is 1. The zero-order chi connectivity index (χ0) is 13.7. The molecule has 1 saturated heterocycles. The van der Waals surface area contributed by atoms with Gasteiger partial charge >= 0.3 is 0 Å². The molecule has 1 fully saturated rings. The molecule has 0 saturated carbocycles. The maximum absolute atomic E-state index is 13.4. The summed E-state index contributed by atoms with van der Waals surface area (Å²) in [5.74, 6) is -1.11. The summed E-state index contributed by atoms with van der Waals surface area (Å²) >= 11 is 0. The molecule has 0 N–H and O–H groups in total. The molecule has 0 amide bonds. The van der Waals surface area contributed by atoms with Gasteiger partial charge in [-0.15, -0.1) is 0 Å². The third kappa shape index (κ3) is 4.39. The lowest BCUT2D eigenvalue weighted by Gasteiger charge is -2.22. The van der Waals surface area contributed by atoms with Gasteiger partial charge in [0.15, 0.2) is 0 Å². The van der Waals surface area contributed by atoms with Gasteiger partial charge in [0.25, 0.3) is 0 Å². The smallest absolute Gasteiger partial charge is 0.137 e. The van der Waals surface area contributed by atoms with E-state index >= 15 is 0 Å². The molecule has 1 aromatic carbocycles. The van der Waals surface area contributed by atoms with Crippen molar-refractivity contribution in [2.45, 2.75) is 44.6 Å². The van der Waals surface area contributed by atoms with Gasteiger partial charge in [-0.3, -0.25) is 4.79 Å². The molecule has 0 aliphatic carbocycles. The lowest BCUT2D eigenvalue weighted by atomic mass is 10.00. The second kappa shape index (κ2) is 6.75. The Morgan fingerprint density at radius 2 is 2.16 bits per heavy atom. The molecule has 0 radical (unpaired) electrons. The third-order valence-electron chi connectivity index (χ3n) is 3.41. The lowest BCUT2D eigenvalue weighted by molar-refractivity contribution is -0.119. The van der Waals surface area contributed by atoms with Crippen LogP contribution in [0.4, 0.5) is 8.78 Å². The van der Waals surface area contributed by atoms with Crippen molar-refractivity contribution >= 4 is 5.78 Å². The van der Waals surface area contributed by atoms with Crippen LogP contribution in [0.15, 0.2) is 18.2 Å². The molecule has 2 rings (SSSR count). The van der Waals surface area contributed by atoms with Crippen LogP contribution in [0.1, 0.15) is 37.7 Å². The molecule has 19 heavy (non-hydrogen) atoms. The molecule has 104 valence electrons. The minimum atomic E-state index is -0.524. The summed E-state index contributed by atoms with van der Waals surface area (Å²) in [5.41, 5.74) is 0.134. The second-order valence-electron chi connectivity index (χ2n) is 4.98. The maximum atomic E-state index is 13.4. The molecule has 0 spiro atoms. The van der Waals surface area contributed by atoms with E-state index in [-0.39, 0.29) is 23.9 Å². The minimum absolute atomic E-state index is 0.0453. The van der Waals surface area contributed by atoms with Crippen LogP contribution >= 0.6 is 0 Å². The first-order valence-corrected chi connectivity index (χ1v) is 6.72. The van der Waals surface area contributed by atoms with Crippen LogP contribution in [-0.2, 0) is 16.0 Å². The fourth-order valence-corrected chi connectivity index (χ4v) is 2.34. The van der Waals surface area contributed by atoms with Crippen molar-refractivity contribution in [1.29, 1.82) is 0 Å². The molecular formula is C15H18F2O2. The van der Waals surface area contributed by atoms with Crippen molar-refractivity contribution in [2.75, 3.05) is 6.61 Å². The summed E-state index contributed by atoms with van der Waals surface area (Å²) < 4.78 is 31.9. The van der Waals surface area contributed by atoms with Crippen molar-refractivity contribution in [3.63, 3.8) is 0 Å². The van der Waals surface area contributed by atoms with Crippen LogP contribution < -0.4 is 0 Å². The molecule has 4 heteroatoms. The van der Waals surface area contributed by atoms with Gasteiger partial charge in [-0.1, -0.05) is 0 Å². The van der Waals surface area contributed by atoms with Crippen LogP contribution in [-0.4, -0.2) is 18.5 Å². The molecule has 1 aromatic rings. The molecule has 1 aliphatic heterocycles. The molecule has 1 unspecified atom stereocenters. The van der Waals surface area contributed by atoms with Crippen LogP contribution in [0.2, 0.25) is 0 Å². The molecule has 1 heterocycles. The molecular weight excluding hydrogens is 250 g/mol. The number of carbonyl (C=O) groups excluding carboxylic acids is 1. The van der Waals surface area contributed by atoms with E-state index in [9.17, 15) is 13.6 Å². The van der Waals surface area contributed by atoms with E-state index in [2.05, 4.69) is 0 Å². The second-order valence-corrected chi connectivity index (χ2v) is 4.98. The number of carbonyl (C=O) groups is 1. The SMILES string of the molecule is O=C(CCC1CCCCO1)Cc1cc(F)ccc1F. The van der Waals surface area contributed by atoms with Gasteiger partial charge < -0.3 is 4.74 Å². The van der Waals surface area contributed by atoms with E-state index in [0.29, 0.717) is 12.8 Å². The van der Waals surface area contributed by atoms with Gasteiger partial charge in [0.05, 0.1) is 6.10 Å². The zero-order valence-corrected chi connectivity index (χ0v) is 10.8. The summed E-state index contributed by atoms with van der Waals surface area (Å²) in [6.07, 6.45) is 4.35. The third-order valence-corrected chi connectivity index (χ3v) is 3.41. The molecule has 1 atom stereocenters. The Kier molecular flexibility index (Phi) is 5.02. The van der Waals surface area contributed by atoms with Gasteiger partial charge in [-0.05, 0) is 49.4 Å². The topological polar surface area (TPSA) is 26.3 Å². The average Bonchev–Trinajstić information content (AvgIpc) is 2.42. The van der Waals surface area contributed by atoms with Crippen molar-refractivity contribution in [1.82, 2.24) is 0 Å². The highest BCUT2D eigenvalue weighted by Crippen LogP contribution is 2.18. The number of hydrogen-bond acceptors (Lipinski definition) is 2. The van der Waals surface area contributed by atoms with Gasteiger partial charge in [0.2, 0.25) is 0 Å². The van der Waals surface area contributed by atoms with E-state index in [1.807, 2.05) is 0 Å². The fraction of sp³-hybridized carbons (Fsp3) is 0.533. The number of benzene rings is 1. The average molecular weight is 268 g/mol. The van der Waals surface area contributed by atoms with Gasteiger partial charge in [0.1, 0.15) is 17.4 Å². The van der Waals surface area contributed by atoms with Gasteiger partial charge in [-0.2, -0.15) is 0 Å². The summed E-state index contributed by atoms with van der Waals surface area (Å²) in [7, 11) is 0. The number of hydrogen-bond donors (Lipinski definition) is 0. The largest absolute Gasteiger partial charge is 0.378 e. The van der Waals surface area contributed by atoms with Crippen molar-refractivity contribution < 1.29 is 18.3 Å². The van der Waals surface area contributed by atoms with Crippen LogP contribution in [0, 0.1) is 11.6 Å². The zero-order valence-electron chi connectivity index (χ0n) is 10.8. The highest BCUT2D eigenvalue weighted by Gasteiger charge is 2.16. The summed E-state index contributed by atoms with van der Waals surface area (Å²) in [6, 6.07) is 3.20. The Morgan fingerprint density at radius 3 is 2.89 bits per heavy atom. The van der Waals surface area contributed by atoms with Crippen LogP contribution in [0.5, 0.6) is 0 Å². The quantitative estimate of drug-likeness (QED) is 0.818. The molecule has 1 aliphatic rings. The number of ether oxygens (including phenoxy) is 1. The van der Waals surface area contributed by atoms with Crippen LogP contribution in [0.25, 0.3) is 0 Å². The maximum Gasteiger partial charge on any atom is 0.137 e. The highest BCUT2D eigenvalue weighted by atomic mass is 19.1. The highest BCUT2D eigenvalue weighted by molar-refractivity contribution is 5.80. The number of halogens is 2. The number of rotatable bonds is 5. The summed E-state index contributed by atoms with van der Waals surface area (Å²) in [5, 5.41) is 0. The summed E-state index contributed by atoms with van der Waals surface area (Å²) in [4.78, 5) is 11.8. The Bertz CT molecular complexity index is 440. The first-order chi connectivity index (χ1) is 9.15. The fourth-order valence-electron chi connectivity index (χ4n) is 2.34. The summed E-state index contributed by atoms with van der Waals surface area (Å²) in [6.45, 7) is 0.761. The monoisotopic (exact) mass is 268 g/mol. The number of Topliss-reactive ketones (excluding diaryl/α,β-unsaturated/α-hetero) is 1. The molecule has 0 bridgehead atoms. The normalized spacial score (nSPS) is 19.4. The standard InChI is InChI=1S/C15H18F2O2/c16-12-4-7-15(17)11(9-12)10-13(18)5-6-14-3-1-2-8-19-14/h4,7,9,14H,1-3,5-6,8,10H2. The minimum Gasteiger partial charge on any atom is -0.378 e. The van der Waals surface area contributed by atoms with Crippen molar-refractivity contribution in [2.24, 2.45) is 0 Å².